The first kappa shape index (κ1) is 49.3. The first-order valence-electron chi connectivity index (χ1n) is 22.7. The van der Waals surface area contributed by atoms with Crippen LogP contribution in [0.4, 0.5) is 38.9 Å². The topological polar surface area (TPSA) is 144 Å². The highest BCUT2D eigenvalue weighted by molar-refractivity contribution is 5.86. The summed E-state index contributed by atoms with van der Waals surface area (Å²) < 4.78 is 53.5. The molecule has 69 heavy (non-hydrogen) atoms. The summed E-state index contributed by atoms with van der Waals surface area (Å²) >= 11 is 0. The Morgan fingerprint density at radius 3 is 1.16 bits per heavy atom. The molecule has 0 fully saturated rings. The van der Waals surface area contributed by atoms with E-state index in [1.807, 2.05) is 118 Å². The van der Waals surface area contributed by atoms with Gasteiger partial charge in [0.15, 0.2) is 0 Å². The van der Waals surface area contributed by atoms with Crippen molar-refractivity contribution in [2.24, 2.45) is 0 Å². The fraction of sp³-hybridized carbons (Fsp3) is 0.273. The summed E-state index contributed by atoms with van der Waals surface area (Å²) in [5, 5.41) is 10.2. The Hall–Kier alpha value is -7.61. The number of hydrogen-bond donors (Lipinski definition) is 4. The molecular weight excluding hydrogens is 886 g/mol. The van der Waals surface area contributed by atoms with E-state index in [1.165, 1.54) is 29.2 Å². The van der Waals surface area contributed by atoms with Gasteiger partial charge in [-0.25, -0.2) is 14.4 Å². The van der Waals surface area contributed by atoms with Crippen molar-refractivity contribution in [3.8, 4) is 22.3 Å². The number of benzene rings is 6. The number of alkyl halides is 3. The molecule has 11 nitrogen and oxygen atoms in total. The smallest absolute Gasteiger partial charge is 0.448 e. The minimum Gasteiger partial charge on any atom is -0.448 e. The van der Waals surface area contributed by atoms with Crippen LogP contribution in [-0.2, 0) is 31.8 Å². The second-order valence-corrected chi connectivity index (χ2v) is 18.1. The van der Waals surface area contributed by atoms with Gasteiger partial charge in [-0.3, -0.25) is 15.4 Å². The molecule has 0 unspecified atom stereocenters. The first-order chi connectivity index (χ1) is 32.9. The zero-order valence-corrected chi connectivity index (χ0v) is 39.0. The molecule has 4 N–H and O–H groups in total. The van der Waals surface area contributed by atoms with E-state index in [0.29, 0.717) is 23.4 Å². The van der Waals surface area contributed by atoms with Gasteiger partial charge in [-0.15, -0.1) is 0 Å². The summed E-state index contributed by atoms with van der Waals surface area (Å²) in [5.41, 5.74) is 11.6. The maximum absolute atomic E-state index is 12.5. The number of nitrogens with one attached hydrogen (secondary N) is 4. The van der Waals surface area contributed by atoms with Crippen molar-refractivity contribution >= 4 is 35.6 Å². The molecule has 0 radical (unpaired) electrons. The van der Waals surface area contributed by atoms with Crippen molar-refractivity contribution in [2.45, 2.75) is 83.2 Å². The molecule has 0 saturated heterocycles. The summed E-state index contributed by atoms with van der Waals surface area (Å²) in [5.74, 6) is -1.99. The van der Waals surface area contributed by atoms with Crippen LogP contribution in [0.1, 0.15) is 79.8 Å². The number of fused-ring (bicyclic) bond motifs is 6. The Bertz CT molecular complexity index is 2680. The molecule has 6 aromatic rings. The molecule has 0 saturated carbocycles. The van der Waals surface area contributed by atoms with Gasteiger partial charge in [-0.1, -0.05) is 121 Å². The van der Waals surface area contributed by atoms with Gasteiger partial charge in [0.05, 0.1) is 0 Å². The lowest BCUT2D eigenvalue weighted by Crippen LogP contribution is -2.42. The van der Waals surface area contributed by atoms with Gasteiger partial charge in [0.2, 0.25) is 0 Å². The SMILES string of the molecule is C[C@H](Cc1ccc(NC(=O)OCC2c3ccccc3-c3ccccc32)cc1)NC(=O)C(F)(F)F.C[C@H](Cc1ccc(NC(=O)OCC2c3ccccc3-c3ccccc32)cc1)NC(=O)OC(C)(C)C. The zero-order valence-electron chi connectivity index (χ0n) is 39.0. The second kappa shape index (κ2) is 21.6. The molecule has 358 valence electrons. The maximum Gasteiger partial charge on any atom is 0.471 e. The molecule has 6 aromatic carbocycles. The Labute approximate surface area is 399 Å². The average Bonchev–Trinajstić information content (AvgIpc) is 3.80. The van der Waals surface area contributed by atoms with Gasteiger partial charge in [-0.2, -0.15) is 13.2 Å². The van der Waals surface area contributed by atoms with Crippen molar-refractivity contribution < 1.29 is 46.6 Å². The van der Waals surface area contributed by atoms with Gasteiger partial charge in [0, 0.05) is 35.3 Å². The van der Waals surface area contributed by atoms with E-state index in [0.717, 1.165) is 27.8 Å². The van der Waals surface area contributed by atoms with Gasteiger partial charge in [0.25, 0.3) is 0 Å². The predicted octanol–water partition coefficient (Wildman–Crippen LogP) is 12.2. The lowest BCUT2D eigenvalue weighted by Gasteiger charge is -2.22. The molecule has 0 aliphatic heterocycles. The molecule has 14 heteroatoms. The number of carbonyl (C=O) groups excluding carboxylic acids is 4. The predicted molar refractivity (Wildman–Crippen MR) is 260 cm³/mol. The van der Waals surface area contributed by atoms with Crippen molar-refractivity contribution in [1.82, 2.24) is 10.6 Å². The van der Waals surface area contributed by atoms with E-state index in [1.54, 1.807) is 24.3 Å². The molecular formula is C55H55F3N4O7. The minimum atomic E-state index is -4.91. The largest absolute Gasteiger partial charge is 0.471 e. The molecule has 2 aliphatic rings. The van der Waals surface area contributed by atoms with E-state index in [-0.39, 0.29) is 37.5 Å². The summed E-state index contributed by atoms with van der Waals surface area (Å²) in [6, 6.07) is 46.0. The third-order valence-electron chi connectivity index (χ3n) is 11.6. The Morgan fingerprint density at radius 1 is 0.493 bits per heavy atom. The standard InChI is InChI=1S/C29H32N2O4.C26H23F3N2O3/c1-19(30-28(33)35-29(2,3)4)17-20-13-15-21(16-14-20)31-27(32)34-18-26-24-11-7-5-9-22(24)23-10-6-8-12-25(23)26;1-16(30-24(32)26(27,28)29)14-17-10-12-18(13-11-17)31-25(33)34-15-23-21-8-4-2-6-19(21)20-7-3-5-9-22(20)23/h5-16,19,26H,17-18H2,1-4H3,(H,30,33)(H,31,32);2-13,16,23H,14-15H2,1H3,(H,30,32)(H,31,33)/t19-;16-/m11/s1. The minimum absolute atomic E-state index is 0.0227. The first-order valence-corrected chi connectivity index (χ1v) is 22.7. The third-order valence-corrected chi connectivity index (χ3v) is 11.6. The van der Waals surface area contributed by atoms with Gasteiger partial charge < -0.3 is 24.8 Å². The summed E-state index contributed by atoms with van der Waals surface area (Å²) in [4.78, 5) is 47.8. The number of carbonyl (C=O) groups is 4. The van der Waals surface area contributed by atoms with Crippen LogP contribution in [0.2, 0.25) is 0 Å². The Balaban J connectivity index is 0.000000204. The van der Waals surface area contributed by atoms with Crippen molar-refractivity contribution in [1.29, 1.82) is 0 Å². The van der Waals surface area contributed by atoms with Crippen LogP contribution in [0.3, 0.4) is 0 Å². The number of rotatable bonds is 12. The van der Waals surface area contributed by atoms with E-state index < -0.39 is 42.0 Å². The second-order valence-electron chi connectivity index (χ2n) is 18.1. The van der Waals surface area contributed by atoms with Gasteiger partial charge in [0.1, 0.15) is 18.8 Å². The fourth-order valence-corrected chi connectivity index (χ4v) is 8.58. The molecule has 0 aromatic heterocycles. The fourth-order valence-electron chi connectivity index (χ4n) is 8.58. The van der Waals surface area contributed by atoms with Crippen molar-refractivity contribution in [3.63, 3.8) is 0 Å². The monoisotopic (exact) mass is 940 g/mol. The maximum atomic E-state index is 12.5. The average molecular weight is 941 g/mol. The molecule has 2 aliphatic carbocycles. The van der Waals surface area contributed by atoms with Crippen molar-refractivity contribution in [2.75, 3.05) is 23.8 Å². The summed E-state index contributed by atoms with van der Waals surface area (Å²) in [7, 11) is 0. The van der Waals surface area contributed by atoms with E-state index in [2.05, 4.69) is 52.3 Å². The molecule has 0 spiro atoms. The zero-order chi connectivity index (χ0) is 49.3. The van der Waals surface area contributed by atoms with Crippen LogP contribution in [0, 0.1) is 0 Å². The van der Waals surface area contributed by atoms with Crippen LogP contribution < -0.4 is 21.3 Å². The van der Waals surface area contributed by atoms with Crippen molar-refractivity contribution in [3.05, 3.63) is 179 Å². The molecule has 2 atom stereocenters. The molecule has 4 amide bonds. The summed E-state index contributed by atoms with van der Waals surface area (Å²) in [6.07, 6.45) is -5.57. The quantitative estimate of drug-likeness (QED) is 0.0894. The highest BCUT2D eigenvalue weighted by atomic mass is 19.4. The number of amides is 4. The van der Waals surface area contributed by atoms with Crippen LogP contribution in [0.15, 0.2) is 146 Å². The highest BCUT2D eigenvalue weighted by Gasteiger charge is 2.39. The van der Waals surface area contributed by atoms with Crippen LogP contribution >= 0.6 is 0 Å². The van der Waals surface area contributed by atoms with E-state index >= 15 is 0 Å². The molecule has 0 heterocycles. The molecule has 8 rings (SSSR count). The van der Waals surface area contributed by atoms with Crippen LogP contribution in [0.25, 0.3) is 22.3 Å². The van der Waals surface area contributed by atoms with E-state index in [9.17, 15) is 32.3 Å². The highest BCUT2D eigenvalue weighted by Crippen LogP contribution is 2.45. The number of ether oxygens (including phenoxy) is 3. The number of hydrogen-bond acceptors (Lipinski definition) is 7. The number of halogens is 3. The number of anilines is 2. The summed E-state index contributed by atoms with van der Waals surface area (Å²) in [6.45, 7) is 9.37. The number of alkyl carbamates (subject to hydrolysis) is 1. The Morgan fingerprint density at radius 2 is 0.826 bits per heavy atom. The third kappa shape index (κ3) is 13.1. The molecule has 0 bridgehead atoms. The lowest BCUT2D eigenvalue weighted by molar-refractivity contribution is -0.174. The van der Waals surface area contributed by atoms with Crippen LogP contribution in [0.5, 0.6) is 0 Å². The lowest BCUT2D eigenvalue weighted by atomic mass is 9.98. The van der Waals surface area contributed by atoms with E-state index in [4.69, 9.17) is 14.2 Å². The Kier molecular flexibility index (Phi) is 15.4. The normalized spacial score (nSPS) is 13.4. The van der Waals surface area contributed by atoms with Gasteiger partial charge >= 0.3 is 30.4 Å². The van der Waals surface area contributed by atoms with Gasteiger partial charge in [-0.05, 0) is 127 Å². The van der Waals surface area contributed by atoms with Crippen LogP contribution in [-0.4, -0.2) is 61.3 Å².